The molecule has 1 heterocycles. The van der Waals surface area contributed by atoms with Crippen LogP contribution in [0, 0.1) is 22.7 Å². The van der Waals surface area contributed by atoms with Crippen LogP contribution in [-0.2, 0) is 19.9 Å². The average Bonchev–Trinajstić information content (AvgIpc) is 2.70. The Morgan fingerprint density at radius 3 is 2.94 bits per heavy atom. The van der Waals surface area contributed by atoms with Gasteiger partial charge in [0, 0.05) is 19.2 Å². The molecule has 2 rings (SSSR count). The second-order valence-corrected chi connectivity index (χ2v) is 5.87. The largest absolute Gasteiger partial charge is 0.272 e. The highest BCUT2D eigenvalue weighted by Gasteiger charge is 2.36. The highest BCUT2D eigenvalue weighted by Crippen LogP contribution is 2.41. The Labute approximate surface area is 110 Å². The Kier molecular flexibility index (Phi) is 3.75. The fourth-order valence-corrected chi connectivity index (χ4v) is 3.22. The molecular formula is C15H23N3. The van der Waals surface area contributed by atoms with Gasteiger partial charge in [-0.15, -0.1) is 0 Å². The smallest absolute Gasteiger partial charge is 0.0693 e. The molecular weight excluding hydrogens is 222 g/mol. The molecule has 1 aliphatic rings. The lowest BCUT2D eigenvalue weighted by atomic mass is 9.68. The molecule has 98 valence electrons. The summed E-state index contributed by atoms with van der Waals surface area (Å²) in [6, 6.07) is 4.77. The molecule has 3 heteroatoms. The number of aryl methyl sites for hydroxylation is 2. The monoisotopic (exact) mass is 245 g/mol. The highest BCUT2D eigenvalue weighted by molar-refractivity contribution is 5.16. The van der Waals surface area contributed by atoms with E-state index in [1.165, 1.54) is 18.5 Å². The van der Waals surface area contributed by atoms with E-state index in [9.17, 15) is 5.26 Å². The van der Waals surface area contributed by atoms with Crippen molar-refractivity contribution in [1.82, 2.24) is 9.78 Å². The summed E-state index contributed by atoms with van der Waals surface area (Å²) in [7, 11) is 1.99. The standard InChI is InChI=1S/C15H23N3/c1-4-13-8-14(18(3)17-13)10-15(11-16)7-5-6-12(2)9-15/h8,12H,4-7,9-10H2,1-3H3. The van der Waals surface area contributed by atoms with Crippen LogP contribution in [0.15, 0.2) is 6.07 Å². The van der Waals surface area contributed by atoms with Gasteiger partial charge >= 0.3 is 0 Å². The first-order valence-electron chi connectivity index (χ1n) is 7.01. The van der Waals surface area contributed by atoms with E-state index in [2.05, 4.69) is 31.1 Å². The summed E-state index contributed by atoms with van der Waals surface area (Å²) in [4.78, 5) is 0. The first-order chi connectivity index (χ1) is 8.58. The van der Waals surface area contributed by atoms with Crippen LogP contribution >= 0.6 is 0 Å². The van der Waals surface area contributed by atoms with Crippen LogP contribution in [0.25, 0.3) is 0 Å². The summed E-state index contributed by atoms with van der Waals surface area (Å²) in [6.07, 6.45) is 6.36. The number of hydrogen-bond acceptors (Lipinski definition) is 2. The van der Waals surface area contributed by atoms with Crippen LogP contribution < -0.4 is 0 Å². The van der Waals surface area contributed by atoms with Crippen LogP contribution in [0.4, 0.5) is 0 Å². The molecule has 18 heavy (non-hydrogen) atoms. The zero-order valence-corrected chi connectivity index (χ0v) is 11.7. The van der Waals surface area contributed by atoms with Gasteiger partial charge in [-0.3, -0.25) is 4.68 Å². The molecule has 0 N–H and O–H groups in total. The van der Waals surface area contributed by atoms with Gasteiger partial charge in [-0.05, 0) is 31.2 Å². The van der Waals surface area contributed by atoms with Gasteiger partial charge in [-0.1, -0.05) is 26.7 Å². The van der Waals surface area contributed by atoms with Crippen molar-refractivity contribution in [1.29, 1.82) is 5.26 Å². The Morgan fingerprint density at radius 2 is 2.39 bits per heavy atom. The SMILES string of the molecule is CCc1cc(CC2(C#N)CCCC(C)C2)n(C)n1. The predicted molar refractivity (Wildman–Crippen MR) is 72.0 cm³/mol. The second-order valence-electron chi connectivity index (χ2n) is 5.87. The molecule has 0 amide bonds. The van der Waals surface area contributed by atoms with E-state index in [1.807, 2.05) is 11.7 Å². The lowest BCUT2D eigenvalue weighted by Gasteiger charge is -2.34. The zero-order valence-electron chi connectivity index (χ0n) is 11.7. The predicted octanol–water partition coefficient (Wildman–Crippen LogP) is 3.25. The van der Waals surface area contributed by atoms with Crippen LogP contribution in [-0.4, -0.2) is 9.78 Å². The molecule has 1 saturated carbocycles. The number of nitrogens with zero attached hydrogens (tertiary/aromatic N) is 3. The van der Waals surface area contributed by atoms with E-state index >= 15 is 0 Å². The topological polar surface area (TPSA) is 41.6 Å². The molecule has 0 spiro atoms. The summed E-state index contributed by atoms with van der Waals surface area (Å²) >= 11 is 0. The van der Waals surface area contributed by atoms with Gasteiger partial charge in [0.05, 0.1) is 17.2 Å². The Hall–Kier alpha value is -1.30. The number of nitriles is 1. The quantitative estimate of drug-likeness (QED) is 0.820. The third kappa shape index (κ3) is 2.58. The summed E-state index contributed by atoms with van der Waals surface area (Å²) in [5.74, 6) is 0.678. The van der Waals surface area contributed by atoms with Crippen LogP contribution in [0.2, 0.25) is 0 Å². The summed E-state index contributed by atoms with van der Waals surface area (Å²) in [5, 5.41) is 14.1. The van der Waals surface area contributed by atoms with E-state index in [4.69, 9.17) is 0 Å². The molecule has 0 aliphatic heterocycles. The third-order valence-corrected chi connectivity index (χ3v) is 4.24. The summed E-state index contributed by atoms with van der Waals surface area (Å²) in [6.45, 7) is 4.39. The highest BCUT2D eigenvalue weighted by atomic mass is 15.3. The third-order valence-electron chi connectivity index (χ3n) is 4.24. The number of aromatic nitrogens is 2. The molecule has 2 unspecified atom stereocenters. The van der Waals surface area contributed by atoms with Crippen molar-refractivity contribution in [3.8, 4) is 6.07 Å². The second kappa shape index (κ2) is 5.14. The minimum atomic E-state index is -0.156. The van der Waals surface area contributed by atoms with Crippen molar-refractivity contribution >= 4 is 0 Å². The lowest BCUT2D eigenvalue weighted by Crippen LogP contribution is -2.29. The van der Waals surface area contributed by atoms with Gasteiger partial charge in [-0.25, -0.2) is 0 Å². The molecule has 1 aromatic heterocycles. The van der Waals surface area contributed by atoms with Crippen molar-refractivity contribution in [3.05, 3.63) is 17.5 Å². The molecule has 0 saturated heterocycles. The first kappa shape index (κ1) is 13.1. The molecule has 0 bridgehead atoms. The molecule has 0 aromatic carbocycles. The maximum absolute atomic E-state index is 9.60. The zero-order chi connectivity index (χ0) is 13.2. The Balaban J connectivity index is 2.19. The fraction of sp³-hybridized carbons (Fsp3) is 0.733. The van der Waals surface area contributed by atoms with E-state index in [1.54, 1.807) is 0 Å². The van der Waals surface area contributed by atoms with Gasteiger partial charge in [0.2, 0.25) is 0 Å². The van der Waals surface area contributed by atoms with Gasteiger partial charge in [0.15, 0.2) is 0 Å². The van der Waals surface area contributed by atoms with Crippen molar-refractivity contribution in [2.24, 2.45) is 18.4 Å². The molecule has 1 fully saturated rings. The van der Waals surface area contributed by atoms with Crippen LogP contribution in [0.5, 0.6) is 0 Å². The number of rotatable bonds is 3. The Morgan fingerprint density at radius 1 is 1.61 bits per heavy atom. The van der Waals surface area contributed by atoms with Crippen LogP contribution in [0.1, 0.15) is 50.9 Å². The molecule has 3 nitrogen and oxygen atoms in total. The number of hydrogen-bond donors (Lipinski definition) is 0. The van der Waals surface area contributed by atoms with E-state index in [-0.39, 0.29) is 5.41 Å². The summed E-state index contributed by atoms with van der Waals surface area (Å²) < 4.78 is 1.96. The van der Waals surface area contributed by atoms with Gasteiger partial charge in [-0.2, -0.15) is 10.4 Å². The lowest BCUT2D eigenvalue weighted by molar-refractivity contribution is 0.206. The van der Waals surface area contributed by atoms with Crippen molar-refractivity contribution < 1.29 is 0 Å². The fourth-order valence-electron chi connectivity index (χ4n) is 3.22. The molecule has 1 aliphatic carbocycles. The van der Waals surface area contributed by atoms with Gasteiger partial charge in [0.25, 0.3) is 0 Å². The van der Waals surface area contributed by atoms with Crippen molar-refractivity contribution in [3.63, 3.8) is 0 Å². The minimum absolute atomic E-state index is 0.156. The maximum Gasteiger partial charge on any atom is 0.0693 e. The average molecular weight is 245 g/mol. The Bertz CT molecular complexity index is 455. The van der Waals surface area contributed by atoms with Crippen molar-refractivity contribution in [2.75, 3.05) is 0 Å². The summed E-state index contributed by atoms with van der Waals surface area (Å²) in [5.41, 5.74) is 2.18. The maximum atomic E-state index is 9.60. The van der Waals surface area contributed by atoms with Crippen LogP contribution in [0.3, 0.4) is 0 Å². The van der Waals surface area contributed by atoms with E-state index in [0.717, 1.165) is 31.4 Å². The van der Waals surface area contributed by atoms with Gasteiger partial charge in [0.1, 0.15) is 0 Å². The normalized spacial score (nSPS) is 28.0. The van der Waals surface area contributed by atoms with Gasteiger partial charge < -0.3 is 0 Å². The first-order valence-corrected chi connectivity index (χ1v) is 7.01. The van der Waals surface area contributed by atoms with E-state index < -0.39 is 0 Å². The molecule has 0 radical (unpaired) electrons. The van der Waals surface area contributed by atoms with Crippen molar-refractivity contribution in [2.45, 2.75) is 52.4 Å². The molecule has 1 aromatic rings. The minimum Gasteiger partial charge on any atom is -0.272 e. The molecule has 2 atom stereocenters. The van der Waals surface area contributed by atoms with E-state index in [0.29, 0.717) is 5.92 Å².